The van der Waals surface area contributed by atoms with Gasteiger partial charge in [-0.1, -0.05) is 0 Å². The van der Waals surface area contributed by atoms with Gasteiger partial charge in [-0.2, -0.15) is 11.8 Å². The molecule has 1 aliphatic heterocycles. The predicted molar refractivity (Wildman–Crippen MR) is 98.5 cm³/mol. The van der Waals surface area contributed by atoms with E-state index in [1.54, 1.807) is 41.7 Å². The maximum atomic E-state index is 12.6. The smallest absolute Gasteiger partial charge is 0.293 e. The molecule has 1 aliphatic rings. The monoisotopic (exact) mass is 360 g/mol. The lowest BCUT2D eigenvalue weighted by Gasteiger charge is -2.26. The Morgan fingerprint density at radius 2 is 2.28 bits per heavy atom. The van der Waals surface area contributed by atoms with Crippen LogP contribution in [0.2, 0.25) is 0 Å². The van der Waals surface area contributed by atoms with Crippen molar-refractivity contribution in [3.8, 4) is 0 Å². The van der Waals surface area contributed by atoms with E-state index in [1.807, 2.05) is 6.26 Å². The van der Waals surface area contributed by atoms with Crippen LogP contribution < -0.4 is 4.90 Å². The second-order valence-electron chi connectivity index (χ2n) is 6.10. The normalized spacial score (nSPS) is 17.0. The summed E-state index contributed by atoms with van der Waals surface area (Å²) in [6.07, 6.45) is 7.31. The van der Waals surface area contributed by atoms with E-state index in [9.17, 15) is 14.9 Å². The molecule has 0 radical (unpaired) electrons. The standard InChI is InChI=1S/C17H20N4O3S/c1-19-9-7-18-17(19)16(22)12-5-6-14(15(10-12)21(23)24)20-8-3-4-13(20)11-25-2/h5-7,9-10,13H,3-4,8,11H2,1-2H3. The fraction of sp³-hybridized carbons (Fsp3) is 0.412. The van der Waals surface area contributed by atoms with Gasteiger partial charge >= 0.3 is 0 Å². The molecule has 0 spiro atoms. The Bertz CT molecular complexity index is 805. The Balaban J connectivity index is 1.98. The van der Waals surface area contributed by atoms with Gasteiger partial charge in [-0.05, 0) is 31.2 Å². The first-order chi connectivity index (χ1) is 12.0. The van der Waals surface area contributed by atoms with E-state index in [2.05, 4.69) is 9.88 Å². The molecule has 1 unspecified atom stereocenters. The molecule has 1 atom stereocenters. The van der Waals surface area contributed by atoms with Crippen molar-refractivity contribution < 1.29 is 9.72 Å². The molecule has 0 aliphatic carbocycles. The molecule has 2 heterocycles. The summed E-state index contributed by atoms with van der Waals surface area (Å²) < 4.78 is 1.61. The number of aromatic nitrogens is 2. The van der Waals surface area contributed by atoms with Crippen molar-refractivity contribution in [2.45, 2.75) is 18.9 Å². The summed E-state index contributed by atoms with van der Waals surface area (Å²) in [5.74, 6) is 0.887. The van der Waals surface area contributed by atoms with Crippen molar-refractivity contribution in [3.63, 3.8) is 0 Å². The third-order valence-electron chi connectivity index (χ3n) is 4.50. The highest BCUT2D eigenvalue weighted by atomic mass is 32.2. The average molecular weight is 360 g/mol. The van der Waals surface area contributed by atoms with Gasteiger partial charge in [-0.15, -0.1) is 0 Å². The lowest BCUT2D eigenvalue weighted by molar-refractivity contribution is -0.384. The van der Waals surface area contributed by atoms with Crippen LogP contribution in [0, 0.1) is 10.1 Å². The molecular weight excluding hydrogens is 340 g/mol. The number of anilines is 1. The Kier molecular flexibility index (Phi) is 5.08. The molecule has 0 bridgehead atoms. The molecule has 1 aromatic heterocycles. The molecule has 0 N–H and O–H groups in total. The minimum atomic E-state index is -0.404. The van der Waals surface area contributed by atoms with Crippen LogP contribution in [0.1, 0.15) is 29.0 Å². The van der Waals surface area contributed by atoms with Gasteiger partial charge in [-0.25, -0.2) is 4.98 Å². The van der Waals surface area contributed by atoms with Crippen LogP contribution in [0.4, 0.5) is 11.4 Å². The molecule has 1 aromatic carbocycles. The van der Waals surface area contributed by atoms with Crippen molar-refractivity contribution in [2.75, 3.05) is 23.5 Å². The van der Waals surface area contributed by atoms with Gasteiger partial charge in [0.25, 0.3) is 5.69 Å². The molecule has 1 fully saturated rings. The van der Waals surface area contributed by atoms with Gasteiger partial charge in [0.05, 0.1) is 4.92 Å². The van der Waals surface area contributed by atoms with Gasteiger partial charge in [0, 0.05) is 49.4 Å². The van der Waals surface area contributed by atoms with Crippen molar-refractivity contribution in [3.05, 3.63) is 52.1 Å². The molecule has 7 nitrogen and oxygen atoms in total. The summed E-state index contributed by atoms with van der Waals surface area (Å²) in [6.45, 7) is 0.804. The number of hydrogen-bond donors (Lipinski definition) is 0. The quantitative estimate of drug-likeness (QED) is 0.448. The number of thioether (sulfide) groups is 1. The summed E-state index contributed by atoms with van der Waals surface area (Å²) in [4.78, 5) is 29.9. The molecule has 0 saturated carbocycles. The van der Waals surface area contributed by atoms with Crippen LogP contribution in [0.3, 0.4) is 0 Å². The predicted octanol–water partition coefficient (Wildman–Crippen LogP) is 2.89. The van der Waals surface area contributed by atoms with Crippen molar-refractivity contribution >= 4 is 28.9 Å². The number of nitro benzene ring substituents is 1. The molecule has 2 aromatic rings. The number of nitrogens with zero attached hydrogens (tertiary/aromatic N) is 4. The molecule has 1 saturated heterocycles. The Morgan fingerprint density at radius 1 is 1.48 bits per heavy atom. The summed E-state index contributed by atoms with van der Waals surface area (Å²) >= 11 is 1.74. The van der Waals surface area contributed by atoms with Crippen LogP contribution in [0.25, 0.3) is 0 Å². The van der Waals surface area contributed by atoms with E-state index in [1.165, 1.54) is 12.3 Å². The van der Waals surface area contributed by atoms with Crippen molar-refractivity contribution in [2.24, 2.45) is 7.05 Å². The maximum Gasteiger partial charge on any atom is 0.293 e. The van der Waals surface area contributed by atoms with E-state index in [0.717, 1.165) is 25.1 Å². The highest BCUT2D eigenvalue weighted by molar-refractivity contribution is 7.98. The molecule has 3 rings (SSSR count). The third-order valence-corrected chi connectivity index (χ3v) is 5.22. The molecular formula is C17H20N4O3S. The third kappa shape index (κ3) is 3.39. The van der Waals surface area contributed by atoms with E-state index in [-0.39, 0.29) is 22.9 Å². The first kappa shape index (κ1) is 17.5. The minimum Gasteiger partial charge on any atom is -0.362 e. The van der Waals surface area contributed by atoms with Gasteiger partial charge < -0.3 is 9.47 Å². The number of ketones is 1. The van der Waals surface area contributed by atoms with Gasteiger partial charge in [0.2, 0.25) is 5.78 Å². The van der Waals surface area contributed by atoms with Gasteiger partial charge in [0.1, 0.15) is 5.69 Å². The molecule has 132 valence electrons. The zero-order valence-corrected chi connectivity index (χ0v) is 15.0. The second kappa shape index (κ2) is 7.26. The van der Waals surface area contributed by atoms with Gasteiger partial charge in [0.15, 0.2) is 5.82 Å². The number of imidazole rings is 1. The summed E-state index contributed by atoms with van der Waals surface area (Å²) in [5, 5.41) is 11.6. The molecule has 25 heavy (non-hydrogen) atoms. The average Bonchev–Trinajstić information content (AvgIpc) is 3.23. The first-order valence-electron chi connectivity index (χ1n) is 8.09. The maximum absolute atomic E-state index is 12.6. The SMILES string of the molecule is CSCC1CCCN1c1ccc(C(=O)c2nccn2C)cc1[N+](=O)[O-]. The summed E-state index contributed by atoms with van der Waals surface area (Å²) in [7, 11) is 1.72. The summed E-state index contributed by atoms with van der Waals surface area (Å²) in [6, 6.07) is 5.03. The first-order valence-corrected chi connectivity index (χ1v) is 9.48. The van der Waals surface area contributed by atoms with Crippen LogP contribution in [-0.4, -0.2) is 44.9 Å². The van der Waals surface area contributed by atoms with Crippen LogP contribution in [-0.2, 0) is 7.05 Å². The number of carbonyl (C=O) groups excluding carboxylic acids is 1. The second-order valence-corrected chi connectivity index (χ2v) is 7.01. The van der Waals surface area contributed by atoms with E-state index in [4.69, 9.17) is 0 Å². The van der Waals surface area contributed by atoms with E-state index >= 15 is 0 Å². The minimum absolute atomic E-state index is 0.0203. The number of carbonyl (C=O) groups is 1. The van der Waals surface area contributed by atoms with Crippen LogP contribution in [0.15, 0.2) is 30.6 Å². The van der Waals surface area contributed by atoms with E-state index < -0.39 is 4.92 Å². The lowest BCUT2D eigenvalue weighted by atomic mass is 10.1. The Labute approximate surface area is 150 Å². The zero-order chi connectivity index (χ0) is 18.0. The van der Waals surface area contributed by atoms with E-state index in [0.29, 0.717) is 11.7 Å². The number of rotatable bonds is 6. The fourth-order valence-electron chi connectivity index (χ4n) is 3.29. The number of nitro groups is 1. The van der Waals surface area contributed by atoms with Crippen LogP contribution >= 0.6 is 11.8 Å². The Hall–Kier alpha value is -2.35. The topological polar surface area (TPSA) is 81.3 Å². The molecule has 0 amide bonds. The fourth-order valence-corrected chi connectivity index (χ4v) is 4.02. The number of hydrogen-bond acceptors (Lipinski definition) is 6. The Morgan fingerprint density at radius 3 is 2.92 bits per heavy atom. The lowest BCUT2D eigenvalue weighted by Crippen LogP contribution is -2.31. The summed E-state index contributed by atoms with van der Waals surface area (Å²) in [5.41, 5.74) is 0.858. The van der Waals surface area contributed by atoms with Crippen LogP contribution in [0.5, 0.6) is 0 Å². The number of aryl methyl sites for hydroxylation is 1. The highest BCUT2D eigenvalue weighted by Crippen LogP contribution is 2.35. The van der Waals surface area contributed by atoms with Gasteiger partial charge in [-0.3, -0.25) is 14.9 Å². The number of benzene rings is 1. The molecule has 8 heteroatoms. The highest BCUT2D eigenvalue weighted by Gasteiger charge is 2.30. The zero-order valence-electron chi connectivity index (χ0n) is 14.2. The van der Waals surface area contributed by atoms with Crippen molar-refractivity contribution in [1.29, 1.82) is 0 Å². The van der Waals surface area contributed by atoms with Crippen molar-refractivity contribution in [1.82, 2.24) is 9.55 Å². The largest absolute Gasteiger partial charge is 0.362 e.